The Hall–Kier alpha value is -0.830. The molecule has 0 aliphatic rings. The summed E-state index contributed by atoms with van der Waals surface area (Å²) in [7, 11) is -3.30. The molecular weight excluding hydrogens is 172 g/mol. The lowest BCUT2D eigenvalue weighted by molar-refractivity contribution is 0.604. The van der Waals surface area contributed by atoms with E-state index < -0.39 is 9.84 Å². The zero-order chi connectivity index (χ0) is 9.35. The number of sulfone groups is 1. The van der Waals surface area contributed by atoms with Crippen LogP contribution in [-0.2, 0) is 9.84 Å². The molecule has 0 fully saturated rings. The molecule has 0 heterocycles. The molecule has 0 saturated carbocycles. The minimum atomic E-state index is -3.30. The van der Waals surface area contributed by atoms with Crippen LogP contribution in [-0.4, -0.2) is 8.42 Å². The monoisotopic (exact) mass is 183 g/mol. The van der Waals surface area contributed by atoms with E-state index in [0.29, 0.717) is 4.90 Å². The molecule has 0 saturated heterocycles. The number of hydrogen-bond donors (Lipinski definition) is 0. The fourth-order valence-electron chi connectivity index (χ4n) is 1.15. The second-order valence-electron chi connectivity index (χ2n) is 2.88. The molecule has 12 heavy (non-hydrogen) atoms. The van der Waals surface area contributed by atoms with Gasteiger partial charge in [-0.05, 0) is 25.5 Å². The average Bonchev–Trinajstić information content (AvgIpc) is 1.83. The maximum atomic E-state index is 11.1. The summed E-state index contributed by atoms with van der Waals surface area (Å²) < 4.78 is 22.1. The van der Waals surface area contributed by atoms with Gasteiger partial charge in [-0.25, -0.2) is 8.42 Å². The molecule has 0 atom stereocenters. The molecule has 0 amide bonds. The number of rotatable bonds is 1. The van der Waals surface area contributed by atoms with Crippen LogP contribution < -0.4 is 0 Å². The summed E-state index contributed by atoms with van der Waals surface area (Å²) in [5.74, 6) is 0. The van der Waals surface area contributed by atoms with Crippen LogP contribution in [0.5, 0.6) is 0 Å². The summed E-state index contributed by atoms with van der Waals surface area (Å²) in [5.41, 5.74) is 1.81. The fraction of sp³-hybridized carbons (Fsp3) is 0.222. The van der Waals surface area contributed by atoms with E-state index in [1.165, 1.54) is 0 Å². The Balaban J connectivity index is 3.39. The highest BCUT2D eigenvalue weighted by atomic mass is 32.2. The van der Waals surface area contributed by atoms with Crippen molar-refractivity contribution in [1.29, 1.82) is 0 Å². The van der Waals surface area contributed by atoms with E-state index in [-0.39, 0.29) is 0 Å². The van der Waals surface area contributed by atoms with Gasteiger partial charge in [0, 0.05) is 0 Å². The molecular formula is C9H11O2S. The lowest BCUT2D eigenvalue weighted by Gasteiger charge is -2.03. The summed E-state index contributed by atoms with van der Waals surface area (Å²) in [6.45, 7) is 3.69. The zero-order valence-corrected chi connectivity index (χ0v) is 7.98. The van der Waals surface area contributed by atoms with Crippen molar-refractivity contribution in [3.8, 4) is 0 Å². The Bertz CT molecular complexity index is 391. The maximum absolute atomic E-state index is 11.1. The van der Waals surface area contributed by atoms with E-state index in [1.54, 1.807) is 19.1 Å². The SMILES string of the molecule is [CH2]S(=O)(=O)c1ccc(C)cc1C. The lowest BCUT2D eigenvalue weighted by atomic mass is 10.2. The third-order valence-corrected chi connectivity index (χ3v) is 2.79. The molecule has 0 aliphatic heterocycles. The standard InChI is InChI=1S/C9H11O2S/c1-7-4-5-9(8(2)6-7)12(3,10)11/h4-6H,3H2,1-2H3. The van der Waals surface area contributed by atoms with Gasteiger partial charge in [-0.1, -0.05) is 17.7 Å². The summed E-state index contributed by atoms with van der Waals surface area (Å²) in [4.78, 5) is 0.313. The first-order valence-electron chi connectivity index (χ1n) is 3.56. The molecule has 2 nitrogen and oxygen atoms in total. The Morgan fingerprint density at radius 3 is 2.25 bits per heavy atom. The van der Waals surface area contributed by atoms with Crippen LogP contribution >= 0.6 is 0 Å². The topological polar surface area (TPSA) is 34.1 Å². The second-order valence-corrected chi connectivity index (χ2v) is 4.55. The van der Waals surface area contributed by atoms with Gasteiger partial charge >= 0.3 is 0 Å². The molecule has 3 heteroatoms. The normalized spacial score (nSPS) is 11.6. The van der Waals surface area contributed by atoms with Gasteiger partial charge in [0.1, 0.15) is 0 Å². The summed E-state index contributed by atoms with van der Waals surface area (Å²) in [6.07, 6.45) is 3.10. The first-order valence-corrected chi connectivity index (χ1v) is 5.22. The maximum Gasteiger partial charge on any atom is 0.179 e. The van der Waals surface area contributed by atoms with E-state index in [9.17, 15) is 8.42 Å². The quantitative estimate of drug-likeness (QED) is 0.666. The Morgan fingerprint density at radius 2 is 1.83 bits per heavy atom. The van der Waals surface area contributed by atoms with Crippen molar-refractivity contribution >= 4 is 9.84 Å². The van der Waals surface area contributed by atoms with Crippen molar-refractivity contribution in [2.45, 2.75) is 18.7 Å². The highest BCUT2D eigenvalue weighted by Crippen LogP contribution is 2.16. The van der Waals surface area contributed by atoms with Crippen LogP contribution in [0.1, 0.15) is 11.1 Å². The van der Waals surface area contributed by atoms with Crippen LogP contribution in [0.15, 0.2) is 23.1 Å². The minimum absolute atomic E-state index is 0.313. The van der Waals surface area contributed by atoms with Crippen LogP contribution in [0, 0.1) is 20.1 Å². The first-order chi connectivity index (χ1) is 5.41. The Morgan fingerprint density at radius 1 is 1.25 bits per heavy atom. The van der Waals surface area contributed by atoms with Crippen LogP contribution in [0.25, 0.3) is 0 Å². The van der Waals surface area contributed by atoms with Crippen molar-refractivity contribution in [2.75, 3.05) is 0 Å². The van der Waals surface area contributed by atoms with Crippen molar-refractivity contribution in [3.63, 3.8) is 0 Å². The van der Waals surface area contributed by atoms with Gasteiger partial charge in [-0.3, -0.25) is 0 Å². The lowest BCUT2D eigenvalue weighted by Crippen LogP contribution is -1.97. The molecule has 65 valence electrons. The van der Waals surface area contributed by atoms with Crippen LogP contribution in [0.4, 0.5) is 0 Å². The van der Waals surface area contributed by atoms with Gasteiger partial charge < -0.3 is 0 Å². The summed E-state index contributed by atoms with van der Waals surface area (Å²) in [6, 6.07) is 5.19. The highest BCUT2D eigenvalue weighted by molar-refractivity contribution is 7.92. The van der Waals surface area contributed by atoms with Crippen molar-refractivity contribution in [3.05, 3.63) is 35.6 Å². The summed E-state index contributed by atoms with van der Waals surface area (Å²) >= 11 is 0. The molecule has 0 N–H and O–H groups in total. The highest BCUT2D eigenvalue weighted by Gasteiger charge is 2.09. The Kier molecular flexibility index (Phi) is 2.24. The van der Waals surface area contributed by atoms with E-state index in [4.69, 9.17) is 0 Å². The van der Waals surface area contributed by atoms with Crippen LogP contribution in [0.3, 0.4) is 0 Å². The van der Waals surface area contributed by atoms with E-state index in [2.05, 4.69) is 6.26 Å². The van der Waals surface area contributed by atoms with Gasteiger partial charge in [-0.15, -0.1) is 0 Å². The van der Waals surface area contributed by atoms with Crippen molar-refractivity contribution in [1.82, 2.24) is 0 Å². The summed E-state index contributed by atoms with van der Waals surface area (Å²) in [5, 5.41) is 0. The van der Waals surface area contributed by atoms with E-state index >= 15 is 0 Å². The fourth-order valence-corrected chi connectivity index (χ4v) is 1.97. The molecule has 0 spiro atoms. The van der Waals surface area contributed by atoms with E-state index in [0.717, 1.165) is 11.1 Å². The van der Waals surface area contributed by atoms with Gasteiger partial charge in [-0.2, -0.15) is 0 Å². The second kappa shape index (κ2) is 2.90. The predicted octanol–water partition coefficient (Wildman–Crippen LogP) is 1.87. The smallest absolute Gasteiger partial charge is 0.179 e. The van der Waals surface area contributed by atoms with Crippen LogP contribution in [0.2, 0.25) is 0 Å². The van der Waals surface area contributed by atoms with Gasteiger partial charge in [0.2, 0.25) is 0 Å². The van der Waals surface area contributed by atoms with Crippen molar-refractivity contribution in [2.24, 2.45) is 0 Å². The molecule has 1 radical (unpaired) electrons. The Labute approximate surface area is 73.2 Å². The molecule has 1 rings (SSSR count). The molecule has 0 aromatic heterocycles. The molecule has 0 aliphatic carbocycles. The number of benzene rings is 1. The van der Waals surface area contributed by atoms with Gasteiger partial charge in [0.15, 0.2) is 9.84 Å². The van der Waals surface area contributed by atoms with Gasteiger partial charge in [0.25, 0.3) is 0 Å². The average molecular weight is 183 g/mol. The molecule has 0 unspecified atom stereocenters. The van der Waals surface area contributed by atoms with E-state index in [1.807, 2.05) is 13.0 Å². The first kappa shape index (κ1) is 9.26. The number of hydrogen-bond acceptors (Lipinski definition) is 2. The van der Waals surface area contributed by atoms with Gasteiger partial charge in [0.05, 0.1) is 11.2 Å². The largest absolute Gasteiger partial charge is 0.224 e. The zero-order valence-electron chi connectivity index (χ0n) is 7.16. The third-order valence-electron chi connectivity index (χ3n) is 1.67. The minimum Gasteiger partial charge on any atom is -0.224 e. The predicted molar refractivity (Wildman–Crippen MR) is 48.5 cm³/mol. The third kappa shape index (κ3) is 1.85. The molecule has 1 aromatic carbocycles. The molecule has 1 aromatic rings. The van der Waals surface area contributed by atoms with Crippen molar-refractivity contribution < 1.29 is 8.42 Å². The molecule has 0 bridgehead atoms. The number of aryl methyl sites for hydroxylation is 2.